The molecule has 84 valence electrons. The number of hydrogen-bond donors (Lipinski definition) is 2. The van der Waals surface area contributed by atoms with Crippen molar-refractivity contribution in [2.45, 2.75) is 0 Å². The van der Waals surface area contributed by atoms with E-state index in [9.17, 15) is 9.46 Å². The summed E-state index contributed by atoms with van der Waals surface area (Å²) in [5.74, 6) is 0.281. The van der Waals surface area contributed by atoms with Crippen LogP contribution in [-0.2, 0) is 9.19 Å². The summed E-state index contributed by atoms with van der Waals surface area (Å²) in [6.07, 6.45) is 0. The van der Waals surface area contributed by atoms with E-state index in [0.717, 1.165) is 0 Å². The molecule has 0 spiro atoms. The van der Waals surface area contributed by atoms with Gasteiger partial charge >= 0.3 is 7.82 Å². The second kappa shape index (κ2) is 6.25. The Morgan fingerprint density at radius 3 is 2.67 bits per heavy atom. The van der Waals surface area contributed by atoms with Gasteiger partial charge in [0.25, 0.3) is 0 Å². The van der Waals surface area contributed by atoms with Crippen molar-refractivity contribution in [3.63, 3.8) is 0 Å². The zero-order chi connectivity index (χ0) is 11.1. The van der Waals surface area contributed by atoms with Crippen molar-refractivity contribution in [2.24, 2.45) is 0 Å². The van der Waals surface area contributed by atoms with Crippen LogP contribution in [0, 0.1) is 0 Å². The highest BCUT2D eigenvalue weighted by Gasteiger charge is 2.22. The number of benzene rings is 1. The van der Waals surface area contributed by atoms with E-state index in [4.69, 9.17) is 4.52 Å². The van der Waals surface area contributed by atoms with E-state index < -0.39 is 7.82 Å². The van der Waals surface area contributed by atoms with Crippen LogP contribution in [0.15, 0.2) is 30.3 Å². The second-order valence-corrected chi connectivity index (χ2v) is 4.64. The SMILES string of the molecule is O=P(O)(ONCCBr)Oc1ccccc1. The Balaban J connectivity index is 2.46. The standard InChI is InChI=1S/C8H11BrNO4P/c9-6-7-10-14-15(11,12)13-8-4-2-1-3-5-8/h1-5,10H,6-7H2,(H,11,12). The number of alkyl halides is 1. The van der Waals surface area contributed by atoms with Crippen molar-refractivity contribution in [1.82, 2.24) is 5.48 Å². The number of halogens is 1. The molecule has 1 unspecified atom stereocenters. The van der Waals surface area contributed by atoms with E-state index in [2.05, 4.69) is 26.0 Å². The van der Waals surface area contributed by atoms with Crippen LogP contribution in [0.25, 0.3) is 0 Å². The van der Waals surface area contributed by atoms with E-state index >= 15 is 0 Å². The van der Waals surface area contributed by atoms with Crippen LogP contribution >= 0.6 is 23.8 Å². The summed E-state index contributed by atoms with van der Waals surface area (Å²) in [5.41, 5.74) is 2.31. The molecule has 1 rings (SSSR count). The van der Waals surface area contributed by atoms with Crippen molar-refractivity contribution in [2.75, 3.05) is 11.9 Å². The van der Waals surface area contributed by atoms with E-state index in [0.29, 0.717) is 11.9 Å². The minimum Gasteiger partial charge on any atom is -0.403 e. The minimum atomic E-state index is -4.08. The number of phosphoric ester groups is 1. The smallest absolute Gasteiger partial charge is 0.403 e. The lowest BCUT2D eigenvalue weighted by Gasteiger charge is -2.12. The molecular formula is C8H11BrNO4P. The van der Waals surface area contributed by atoms with Gasteiger partial charge in [-0.1, -0.05) is 34.1 Å². The predicted octanol–water partition coefficient (Wildman–Crippen LogP) is 2.08. The monoisotopic (exact) mass is 295 g/mol. The molecule has 15 heavy (non-hydrogen) atoms. The highest BCUT2D eigenvalue weighted by atomic mass is 79.9. The van der Waals surface area contributed by atoms with Crippen LogP contribution in [0.4, 0.5) is 0 Å². The van der Waals surface area contributed by atoms with E-state index in [1.807, 2.05) is 0 Å². The molecule has 1 aromatic carbocycles. The lowest BCUT2D eigenvalue weighted by molar-refractivity contribution is 0.134. The van der Waals surface area contributed by atoms with Gasteiger partial charge < -0.3 is 4.52 Å². The third-order valence-electron chi connectivity index (χ3n) is 1.34. The number of hydrogen-bond acceptors (Lipinski definition) is 4. The van der Waals surface area contributed by atoms with Crippen molar-refractivity contribution < 1.29 is 18.6 Å². The van der Waals surface area contributed by atoms with Gasteiger partial charge in [-0.05, 0) is 12.1 Å². The van der Waals surface area contributed by atoms with Gasteiger partial charge in [0.1, 0.15) is 5.75 Å². The Kier molecular flexibility index (Phi) is 5.28. The van der Waals surface area contributed by atoms with Gasteiger partial charge in [0.2, 0.25) is 0 Å². The summed E-state index contributed by atoms with van der Waals surface area (Å²) in [4.78, 5) is 9.23. The molecule has 0 fully saturated rings. The van der Waals surface area contributed by atoms with Crippen LogP contribution in [0.3, 0.4) is 0 Å². The lowest BCUT2D eigenvalue weighted by Crippen LogP contribution is -2.16. The Labute approximate surface area is 96.1 Å². The molecule has 5 nitrogen and oxygen atoms in total. The minimum absolute atomic E-state index is 0.281. The largest absolute Gasteiger partial charge is 0.544 e. The van der Waals surface area contributed by atoms with Crippen molar-refractivity contribution >= 4 is 23.8 Å². The summed E-state index contributed by atoms with van der Waals surface area (Å²) in [6.45, 7) is 0.405. The molecule has 0 saturated carbocycles. The molecule has 0 aliphatic heterocycles. The molecular weight excluding hydrogens is 285 g/mol. The van der Waals surface area contributed by atoms with Gasteiger partial charge in [-0.3, -0.25) is 4.89 Å². The van der Waals surface area contributed by atoms with Crippen molar-refractivity contribution in [3.8, 4) is 5.75 Å². The van der Waals surface area contributed by atoms with Gasteiger partial charge in [-0.15, -0.1) is 0 Å². The fourth-order valence-electron chi connectivity index (χ4n) is 0.799. The summed E-state index contributed by atoms with van der Waals surface area (Å²) in [6, 6.07) is 8.30. The predicted molar refractivity (Wildman–Crippen MR) is 59.8 cm³/mol. The third kappa shape index (κ3) is 5.30. The van der Waals surface area contributed by atoms with Crippen LogP contribution in [-0.4, -0.2) is 16.8 Å². The zero-order valence-electron chi connectivity index (χ0n) is 7.80. The van der Waals surface area contributed by atoms with Gasteiger partial charge in [0, 0.05) is 11.9 Å². The molecule has 0 heterocycles. The van der Waals surface area contributed by atoms with Crippen LogP contribution in [0.1, 0.15) is 0 Å². The molecule has 0 saturated heterocycles. The summed E-state index contributed by atoms with van der Waals surface area (Å²) in [5, 5.41) is 0.609. The maximum Gasteiger partial charge on any atom is 0.544 e. The average molecular weight is 296 g/mol. The highest BCUT2D eigenvalue weighted by Crippen LogP contribution is 2.42. The fraction of sp³-hybridized carbons (Fsp3) is 0.250. The molecule has 0 aliphatic rings. The van der Waals surface area contributed by atoms with E-state index in [1.54, 1.807) is 30.3 Å². The normalized spacial score (nSPS) is 14.5. The molecule has 0 aliphatic carbocycles. The Hall–Kier alpha value is -0.390. The molecule has 0 amide bonds. The van der Waals surface area contributed by atoms with E-state index in [-0.39, 0.29) is 5.75 Å². The number of phosphoric acid groups is 1. The maximum absolute atomic E-state index is 11.3. The number of para-hydroxylation sites is 1. The Morgan fingerprint density at radius 2 is 2.07 bits per heavy atom. The average Bonchev–Trinajstić information content (AvgIpc) is 2.18. The molecule has 1 aromatic rings. The fourth-order valence-corrected chi connectivity index (χ4v) is 1.64. The molecule has 0 radical (unpaired) electrons. The van der Waals surface area contributed by atoms with Crippen LogP contribution in [0.5, 0.6) is 5.75 Å². The van der Waals surface area contributed by atoms with E-state index in [1.165, 1.54) is 0 Å². The first-order valence-corrected chi connectivity index (χ1v) is 6.80. The van der Waals surface area contributed by atoms with Crippen LogP contribution in [0.2, 0.25) is 0 Å². The summed E-state index contributed by atoms with van der Waals surface area (Å²) < 4.78 is 20.5. The first kappa shape index (κ1) is 12.7. The Bertz CT molecular complexity index is 335. The van der Waals surface area contributed by atoms with Gasteiger partial charge in [-0.2, -0.15) is 10.1 Å². The van der Waals surface area contributed by atoms with Crippen molar-refractivity contribution in [1.29, 1.82) is 0 Å². The molecule has 0 aromatic heterocycles. The lowest BCUT2D eigenvalue weighted by atomic mass is 10.3. The van der Waals surface area contributed by atoms with Gasteiger partial charge in [0.05, 0.1) is 0 Å². The summed E-state index contributed by atoms with van der Waals surface area (Å²) >= 11 is 3.13. The molecule has 0 bridgehead atoms. The highest BCUT2D eigenvalue weighted by molar-refractivity contribution is 9.09. The van der Waals surface area contributed by atoms with Crippen LogP contribution < -0.4 is 10.0 Å². The first-order chi connectivity index (χ1) is 7.14. The topological polar surface area (TPSA) is 67.8 Å². The quantitative estimate of drug-likeness (QED) is 0.364. The number of hydroxylamine groups is 1. The molecule has 2 N–H and O–H groups in total. The Morgan fingerprint density at radius 1 is 1.40 bits per heavy atom. The summed E-state index contributed by atoms with van der Waals surface area (Å²) in [7, 11) is -4.08. The molecule has 1 atom stereocenters. The van der Waals surface area contributed by atoms with Crippen molar-refractivity contribution in [3.05, 3.63) is 30.3 Å². The van der Waals surface area contributed by atoms with Gasteiger partial charge in [0.15, 0.2) is 0 Å². The third-order valence-corrected chi connectivity index (χ3v) is 2.54. The zero-order valence-corrected chi connectivity index (χ0v) is 10.3. The maximum atomic E-state index is 11.3. The number of nitrogens with one attached hydrogen (secondary N) is 1. The first-order valence-electron chi connectivity index (χ1n) is 4.19. The van der Waals surface area contributed by atoms with Gasteiger partial charge in [-0.25, -0.2) is 4.57 Å². The number of rotatable bonds is 6. The second-order valence-electron chi connectivity index (χ2n) is 2.55. The molecule has 7 heteroatoms.